The lowest BCUT2D eigenvalue weighted by atomic mass is 9.88. The molecular formula is C10H13N3O2. The molecule has 5 nitrogen and oxygen atoms in total. The number of aromatic nitrogens is 1. The van der Waals surface area contributed by atoms with Crippen molar-refractivity contribution in [3.63, 3.8) is 0 Å². The van der Waals surface area contributed by atoms with E-state index in [1.54, 1.807) is 19.9 Å². The van der Waals surface area contributed by atoms with Crippen molar-refractivity contribution in [2.24, 2.45) is 5.41 Å². The van der Waals surface area contributed by atoms with Gasteiger partial charge in [0.1, 0.15) is 17.4 Å². The number of carbonyl (C=O) groups excluding carboxylic acids is 1. The van der Waals surface area contributed by atoms with Gasteiger partial charge in [-0.2, -0.15) is 5.26 Å². The highest BCUT2D eigenvalue weighted by Crippen LogP contribution is 2.19. The van der Waals surface area contributed by atoms with E-state index in [4.69, 9.17) is 5.26 Å². The molecule has 1 N–H and O–H groups in total. The average Bonchev–Trinajstić information content (AvgIpc) is 2.77. The summed E-state index contributed by atoms with van der Waals surface area (Å²) in [5.74, 6) is -0.282. The Balaban J connectivity index is 2.53. The number of nitrogens with zero attached hydrogens (tertiary/aromatic N) is 2. The predicted octanol–water partition coefficient (Wildman–Crippen LogP) is 1.23. The topological polar surface area (TPSA) is 78.9 Å². The van der Waals surface area contributed by atoms with Crippen molar-refractivity contribution >= 4 is 5.91 Å². The van der Waals surface area contributed by atoms with Crippen LogP contribution in [0.5, 0.6) is 0 Å². The Morgan fingerprint density at radius 2 is 2.53 bits per heavy atom. The van der Waals surface area contributed by atoms with Gasteiger partial charge >= 0.3 is 0 Å². The number of rotatable bonds is 4. The summed E-state index contributed by atoms with van der Waals surface area (Å²) in [4.78, 5) is 11.6. The van der Waals surface area contributed by atoms with E-state index in [2.05, 4.69) is 15.0 Å². The Kier molecular flexibility index (Phi) is 3.45. The van der Waals surface area contributed by atoms with Crippen LogP contribution in [0.4, 0.5) is 0 Å². The molecule has 0 aliphatic heterocycles. The first-order chi connectivity index (χ1) is 7.12. The molecule has 1 amide bonds. The third-order valence-electron chi connectivity index (χ3n) is 2.38. The molecule has 0 aliphatic rings. The lowest BCUT2D eigenvalue weighted by Crippen LogP contribution is -2.37. The molecule has 1 aromatic heterocycles. The molecule has 1 atom stereocenters. The van der Waals surface area contributed by atoms with Gasteiger partial charge in [-0.25, -0.2) is 0 Å². The Hall–Kier alpha value is -1.83. The van der Waals surface area contributed by atoms with E-state index in [-0.39, 0.29) is 12.5 Å². The van der Waals surface area contributed by atoms with Crippen molar-refractivity contribution in [1.82, 2.24) is 10.5 Å². The van der Waals surface area contributed by atoms with Crippen molar-refractivity contribution in [2.75, 3.05) is 0 Å². The zero-order valence-electron chi connectivity index (χ0n) is 8.78. The number of nitrogens with one attached hydrogen (secondary N) is 1. The van der Waals surface area contributed by atoms with Crippen LogP contribution in [-0.2, 0) is 11.3 Å². The number of hydrogen-bond donors (Lipinski definition) is 1. The third-order valence-corrected chi connectivity index (χ3v) is 2.38. The molecule has 0 bridgehead atoms. The fraction of sp³-hybridized carbons (Fsp3) is 0.500. The molecule has 1 heterocycles. The van der Waals surface area contributed by atoms with Crippen molar-refractivity contribution < 1.29 is 9.32 Å². The van der Waals surface area contributed by atoms with E-state index in [9.17, 15) is 4.79 Å². The molecule has 0 fully saturated rings. The van der Waals surface area contributed by atoms with E-state index < -0.39 is 5.41 Å². The highest BCUT2D eigenvalue weighted by Gasteiger charge is 2.30. The fourth-order valence-electron chi connectivity index (χ4n) is 0.985. The smallest absolute Gasteiger partial charge is 0.240 e. The first-order valence-electron chi connectivity index (χ1n) is 4.71. The average molecular weight is 207 g/mol. The maximum Gasteiger partial charge on any atom is 0.240 e. The summed E-state index contributed by atoms with van der Waals surface area (Å²) in [6.07, 6.45) is 1.92. The van der Waals surface area contributed by atoms with Crippen molar-refractivity contribution in [2.45, 2.75) is 26.8 Å². The summed E-state index contributed by atoms with van der Waals surface area (Å²) >= 11 is 0. The van der Waals surface area contributed by atoms with E-state index in [0.717, 1.165) is 0 Å². The van der Waals surface area contributed by atoms with Gasteiger partial charge in [-0.3, -0.25) is 4.79 Å². The first kappa shape index (κ1) is 11.2. The highest BCUT2D eigenvalue weighted by molar-refractivity contribution is 5.84. The van der Waals surface area contributed by atoms with Gasteiger partial charge in [0.25, 0.3) is 0 Å². The quantitative estimate of drug-likeness (QED) is 0.805. The summed E-state index contributed by atoms with van der Waals surface area (Å²) in [7, 11) is 0. The maximum absolute atomic E-state index is 11.6. The summed E-state index contributed by atoms with van der Waals surface area (Å²) in [5.41, 5.74) is -0.330. The zero-order chi connectivity index (χ0) is 11.3. The van der Waals surface area contributed by atoms with Crippen LogP contribution in [0.15, 0.2) is 16.9 Å². The van der Waals surface area contributed by atoms with E-state index in [1.165, 1.54) is 6.26 Å². The Bertz CT molecular complexity index is 367. The molecular weight excluding hydrogens is 194 g/mol. The van der Waals surface area contributed by atoms with Crippen LogP contribution < -0.4 is 5.32 Å². The number of carbonyl (C=O) groups is 1. The number of hydrogen-bond acceptors (Lipinski definition) is 4. The second-order valence-electron chi connectivity index (χ2n) is 3.47. The van der Waals surface area contributed by atoms with Crippen LogP contribution in [0, 0.1) is 16.7 Å². The van der Waals surface area contributed by atoms with E-state index in [1.807, 2.05) is 6.07 Å². The molecule has 1 unspecified atom stereocenters. The van der Waals surface area contributed by atoms with Gasteiger partial charge in [-0.05, 0) is 13.3 Å². The number of amides is 1. The SMILES string of the molecule is CCC(C)(C#N)C(=O)NCc1ccon1. The molecule has 1 aromatic rings. The fourth-order valence-corrected chi connectivity index (χ4v) is 0.985. The minimum atomic E-state index is -0.969. The van der Waals surface area contributed by atoms with Crippen LogP contribution in [0.25, 0.3) is 0 Å². The minimum Gasteiger partial charge on any atom is -0.364 e. The Morgan fingerprint density at radius 3 is 3.00 bits per heavy atom. The van der Waals surface area contributed by atoms with Crippen LogP contribution in [0.3, 0.4) is 0 Å². The summed E-state index contributed by atoms with van der Waals surface area (Å²) in [5, 5.41) is 15.2. The molecule has 15 heavy (non-hydrogen) atoms. The van der Waals surface area contributed by atoms with E-state index >= 15 is 0 Å². The third kappa shape index (κ3) is 2.56. The largest absolute Gasteiger partial charge is 0.364 e. The minimum absolute atomic E-state index is 0.282. The summed E-state index contributed by atoms with van der Waals surface area (Å²) in [6.45, 7) is 3.70. The second kappa shape index (κ2) is 4.60. The van der Waals surface area contributed by atoms with Gasteiger partial charge in [0.15, 0.2) is 0 Å². The van der Waals surface area contributed by atoms with Crippen molar-refractivity contribution in [3.05, 3.63) is 18.0 Å². The molecule has 80 valence electrons. The Labute approximate surface area is 88.1 Å². The molecule has 0 aliphatic carbocycles. The zero-order valence-corrected chi connectivity index (χ0v) is 8.78. The van der Waals surface area contributed by atoms with Crippen LogP contribution in [-0.4, -0.2) is 11.1 Å². The Morgan fingerprint density at radius 1 is 1.80 bits per heavy atom. The van der Waals surface area contributed by atoms with Crippen LogP contribution >= 0.6 is 0 Å². The van der Waals surface area contributed by atoms with Crippen molar-refractivity contribution in [3.8, 4) is 6.07 Å². The molecule has 0 radical (unpaired) electrons. The first-order valence-corrected chi connectivity index (χ1v) is 4.71. The second-order valence-corrected chi connectivity index (χ2v) is 3.47. The van der Waals surface area contributed by atoms with Crippen molar-refractivity contribution in [1.29, 1.82) is 5.26 Å². The number of nitriles is 1. The highest BCUT2D eigenvalue weighted by atomic mass is 16.5. The molecule has 0 saturated heterocycles. The van der Waals surface area contributed by atoms with Gasteiger partial charge < -0.3 is 9.84 Å². The molecule has 1 rings (SSSR count). The van der Waals surface area contributed by atoms with Gasteiger partial charge in [-0.15, -0.1) is 0 Å². The lowest BCUT2D eigenvalue weighted by molar-refractivity contribution is -0.127. The van der Waals surface area contributed by atoms with Gasteiger partial charge in [0, 0.05) is 6.07 Å². The van der Waals surface area contributed by atoms with Crippen LogP contribution in [0.1, 0.15) is 26.0 Å². The lowest BCUT2D eigenvalue weighted by Gasteiger charge is -2.17. The molecule has 0 saturated carbocycles. The van der Waals surface area contributed by atoms with E-state index in [0.29, 0.717) is 12.1 Å². The van der Waals surface area contributed by atoms with Gasteiger partial charge in [0.05, 0.1) is 12.6 Å². The standard InChI is InChI=1S/C10H13N3O2/c1-3-10(2,7-11)9(14)12-6-8-4-5-15-13-8/h4-5H,3,6H2,1-2H3,(H,12,14). The van der Waals surface area contributed by atoms with Crippen LogP contribution in [0.2, 0.25) is 0 Å². The summed E-state index contributed by atoms with van der Waals surface area (Å²) in [6, 6.07) is 3.66. The predicted molar refractivity (Wildman–Crippen MR) is 52.4 cm³/mol. The molecule has 0 aromatic carbocycles. The van der Waals surface area contributed by atoms with Gasteiger partial charge in [0.2, 0.25) is 5.91 Å². The molecule has 5 heteroatoms. The monoisotopic (exact) mass is 207 g/mol. The van der Waals surface area contributed by atoms with Gasteiger partial charge in [-0.1, -0.05) is 12.1 Å². The maximum atomic E-state index is 11.6. The molecule has 0 spiro atoms. The summed E-state index contributed by atoms with van der Waals surface area (Å²) < 4.78 is 4.62. The normalized spacial score (nSPS) is 13.9.